The van der Waals surface area contributed by atoms with Gasteiger partial charge < -0.3 is 10.5 Å². The number of benzene rings is 1. The van der Waals surface area contributed by atoms with Gasteiger partial charge in [-0.25, -0.2) is 0 Å². The predicted octanol–water partition coefficient (Wildman–Crippen LogP) is 2.07. The largest absolute Gasteiger partial charge is 0.493 e. The molecule has 2 N–H and O–H groups in total. The van der Waals surface area contributed by atoms with Gasteiger partial charge in [0.1, 0.15) is 5.75 Å². The fourth-order valence-corrected chi connectivity index (χ4v) is 1.32. The highest BCUT2D eigenvalue weighted by Crippen LogP contribution is 2.28. The van der Waals surface area contributed by atoms with Crippen LogP contribution in [-0.2, 0) is 0 Å². The summed E-state index contributed by atoms with van der Waals surface area (Å²) in [6.45, 7) is 0.725. The number of hydrogen-bond donors (Lipinski definition) is 1. The lowest BCUT2D eigenvalue weighted by molar-refractivity contribution is 0.297. The smallest absolute Gasteiger partial charge is 0.119 e. The minimum Gasteiger partial charge on any atom is -0.493 e. The van der Waals surface area contributed by atoms with Crippen LogP contribution in [0.3, 0.4) is 0 Å². The molecule has 70 valence electrons. The van der Waals surface area contributed by atoms with Gasteiger partial charge in [0.05, 0.1) is 6.61 Å². The van der Waals surface area contributed by atoms with E-state index < -0.39 is 0 Å². The second kappa shape index (κ2) is 3.56. The van der Waals surface area contributed by atoms with Crippen molar-refractivity contribution in [3.8, 4) is 5.75 Å². The van der Waals surface area contributed by atoms with E-state index in [1.165, 1.54) is 0 Å². The minimum atomic E-state index is 0.354. The lowest BCUT2D eigenvalue weighted by Gasteiger charge is -2.04. The van der Waals surface area contributed by atoms with Gasteiger partial charge in [0.25, 0.3) is 0 Å². The van der Waals surface area contributed by atoms with E-state index in [0.29, 0.717) is 12.0 Å². The van der Waals surface area contributed by atoms with Crippen molar-refractivity contribution in [2.24, 2.45) is 11.7 Å². The third-order valence-corrected chi connectivity index (χ3v) is 2.51. The van der Waals surface area contributed by atoms with Crippen LogP contribution >= 0.6 is 11.6 Å². The Hall–Kier alpha value is -0.730. The van der Waals surface area contributed by atoms with Crippen LogP contribution in [0.5, 0.6) is 5.75 Å². The van der Waals surface area contributed by atoms with Crippen LogP contribution in [0, 0.1) is 5.92 Å². The molecule has 0 saturated heterocycles. The summed E-state index contributed by atoms with van der Waals surface area (Å²) in [4.78, 5) is 0. The van der Waals surface area contributed by atoms with E-state index in [9.17, 15) is 0 Å². The van der Waals surface area contributed by atoms with Crippen molar-refractivity contribution >= 4 is 11.6 Å². The second-order valence-corrected chi connectivity index (χ2v) is 3.86. The van der Waals surface area contributed by atoms with Crippen LogP contribution in [0.1, 0.15) is 6.42 Å². The monoisotopic (exact) mass is 197 g/mol. The Bertz CT molecular complexity index is 285. The molecule has 0 aromatic heterocycles. The minimum absolute atomic E-state index is 0.354. The second-order valence-electron chi connectivity index (χ2n) is 3.42. The summed E-state index contributed by atoms with van der Waals surface area (Å²) in [6, 6.07) is 7.74. The van der Waals surface area contributed by atoms with Crippen molar-refractivity contribution in [3.05, 3.63) is 29.3 Å². The third kappa shape index (κ3) is 2.36. The van der Waals surface area contributed by atoms with Crippen molar-refractivity contribution in [2.75, 3.05) is 6.61 Å². The maximum absolute atomic E-state index is 5.73. The van der Waals surface area contributed by atoms with Crippen LogP contribution < -0.4 is 10.5 Å². The van der Waals surface area contributed by atoms with E-state index in [0.717, 1.165) is 23.8 Å². The molecule has 1 aliphatic rings. The molecule has 2 unspecified atom stereocenters. The molecule has 0 radical (unpaired) electrons. The molecule has 0 amide bonds. The first-order chi connectivity index (χ1) is 6.25. The summed E-state index contributed by atoms with van der Waals surface area (Å²) >= 11 is 5.73. The fourth-order valence-electron chi connectivity index (χ4n) is 1.20. The van der Waals surface area contributed by atoms with Crippen LogP contribution in [0.15, 0.2) is 24.3 Å². The first-order valence-corrected chi connectivity index (χ1v) is 4.77. The molecule has 0 aliphatic heterocycles. The Labute approximate surface area is 82.6 Å². The van der Waals surface area contributed by atoms with Gasteiger partial charge in [0.15, 0.2) is 0 Å². The molecule has 0 bridgehead atoms. The van der Waals surface area contributed by atoms with Gasteiger partial charge in [-0.1, -0.05) is 11.6 Å². The maximum atomic E-state index is 5.73. The summed E-state index contributed by atoms with van der Waals surface area (Å²) in [6.07, 6.45) is 1.09. The topological polar surface area (TPSA) is 35.2 Å². The molecule has 2 nitrogen and oxygen atoms in total. The number of halogens is 1. The summed E-state index contributed by atoms with van der Waals surface area (Å²) in [5.41, 5.74) is 5.65. The third-order valence-electron chi connectivity index (χ3n) is 2.25. The summed E-state index contributed by atoms with van der Waals surface area (Å²) in [5, 5.41) is 0.732. The number of nitrogens with two attached hydrogens (primary N) is 1. The van der Waals surface area contributed by atoms with E-state index in [1.807, 2.05) is 24.3 Å². The van der Waals surface area contributed by atoms with E-state index in [4.69, 9.17) is 22.1 Å². The summed E-state index contributed by atoms with van der Waals surface area (Å²) < 4.78 is 5.52. The molecule has 0 spiro atoms. The van der Waals surface area contributed by atoms with Gasteiger partial charge in [0.2, 0.25) is 0 Å². The van der Waals surface area contributed by atoms with Gasteiger partial charge in [-0.3, -0.25) is 0 Å². The van der Waals surface area contributed by atoms with Crippen LogP contribution in [0.4, 0.5) is 0 Å². The number of rotatable bonds is 3. The lowest BCUT2D eigenvalue weighted by Crippen LogP contribution is -2.08. The Morgan fingerprint density at radius 1 is 1.38 bits per heavy atom. The first-order valence-electron chi connectivity index (χ1n) is 4.39. The van der Waals surface area contributed by atoms with Crippen LogP contribution in [0.2, 0.25) is 5.02 Å². The molecule has 1 aliphatic carbocycles. The Morgan fingerprint density at radius 3 is 2.54 bits per heavy atom. The molecule has 1 fully saturated rings. The molecular weight excluding hydrogens is 186 g/mol. The van der Waals surface area contributed by atoms with Gasteiger partial charge in [0, 0.05) is 17.0 Å². The average molecular weight is 198 g/mol. The first kappa shape index (κ1) is 8.85. The molecule has 2 rings (SSSR count). The van der Waals surface area contributed by atoms with Crippen LogP contribution in [0.25, 0.3) is 0 Å². The van der Waals surface area contributed by atoms with Crippen molar-refractivity contribution in [3.63, 3.8) is 0 Å². The van der Waals surface area contributed by atoms with Crippen molar-refractivity contribution in [1.29, 1.82) is 0 Å². The molecular formula is C10H12ClNO. The normalized spacial score (nSPS) is 25.7. The predicted molar refractivity (Wildman–Crippen MR) is 53.0 cm³/mol. The lowest BCUT2D eigenvalue weighted by atomic mass is 10.3. The fraction of sp³-hybridized carbons (Fsp3) is 0.400. The molecule has 2 atom stereocenters. The zero-order chi connectivity index (χ0) is 9.26. The Balaban J connectivity index is 1.84. The summed E-state index contributed by atoms with van der Waals surface area (Å²) in [7, 11) is 0. The molecule has 1 saturated carbocycles. The molecule has 13 heavy (non-hydrogen) atoms. The van der Waals surface area contributed by atoms with Gasteiger partial charge in [-0.05, 0) is 30.7 Å². The zero-order valence-electron chi connectivity index (χ0n) is 7.24. The average Bonchev–Trinajstić information content (AvgIpc) is 2.81. The van der Waals surface area contributed by atoms with Crippen LogP contribution in [-0.4, -0.2) is 12.6 Å². The zero-order valence-corrected chi connectivity index (χ0v) is 8.00. The highest BCUT2D eigenvalue weighted by atomic mass is 35.5. The molecule has 3 heteroatoms. The SMILES string of the molecule is NC1CC1COc1ccc(Cl)cc1. The van der Waals surface area contributed by atoms with E-state index in [-0.39, 0.29) is 0 Å². The highest BCUT2D eigenvalue weighted by Gasteiger charge is 2.33. The van der Waals surface area contributed by atoms with E-state index >= 15 is 0 Å². The standard InChI is InChI=1S/C10H12ClNO/c11-8-1-3-9(4-2-8)13-6-7-5-10(7)12/h1-4,7,10H,5-6,12H2. The van der Waals surface area contributed by atoms with Crippen molar-refractivity contribution in [2.45, 2.75) is 12.5 Å². The van der Waals surface area contributed by atoms with Crippen molar-refractivity contribution in [1.82, 2.24) is 0 Å². The van der Waals surface area contributed by atoms with Gasteiger partial charge in [-0.2, -0.15) is 0 Å². The van der Waals surface area contributed by atoms with E-state index in [2.05, 4.69) is 0 Å². The quantitative estimate of drug-likeness (QED) is 0.805. The Kier molecular flexibility index (Phi) is 2.42. The number of hydrogen-bond acceptors (Lipinski definition) is 2. The molecule has 1 aromatic carbocycles. The van der Waals surface area contributed by atoms with Crippen molar-refractivity contribution < 1.29 is 4.74 Å². The maximum Gasteiger partial charge on any atom is 0.119 e. The van der Waals surface area contributed by atoms with E-state index in [1.54, 1.807) is 0 Å². The number of ether oxygens (including phenoxy) is 1. The molecule has 1 aromatic rings. The molecule has 0 heterocycles. The van der Waals surface area contributed by atoms with Gasteiger partial charge >= 0.3 is 0 Å². The van der Waals surface area contributed by atoms with Gasteiger partial charge in [-0.15, -0.1) is 0 Å². The highest BCUT2D eigenvalue weighted by molar-refractivity contribution is 6.30. The summed E-state index contributed by atoms with van der Waals surface area (Å²) in [5.74, 6) is 1.42. The Morgan fingerprint density at radius 2 is 2.00 bits per heavy atom.